The molecule has 1 nitrogen and oxygen atoms in total. The van der Waals surface area contributed by atoms with Gasteiger partial charge in [0.15, 0.2) is 0 Å². The zero-order valence-corrected chi connectivity index (χ0v) is 12.7. The van der Waals surface area contributed by atoms with Gasteiger partial charge in [-0.1, -0.05) is 13.8 Å². The molecule has 0 aliphatic heterocycles. The van der Waals surface area contributed by atoms with Gasteiger partial charge in [-0.2, -0.15) is 0 Å². The second kappa shape index (κ2) is 6.62. The van der Waals surface area contributed by atoms with E-state index in [9.17, 15) is 8.78 Å². The van der Waals surface area contributed by atoms with Crippen molar-refractivity contribution in [2.24, 2.45) is 5.41 Å². The van der Waals surface area contributed by atoms with Crippen molar-refractivity contribution in [1.29, 1.82) is 0 Å². The molecule has 0 spiro atoms. The van der Waals surface area contributed by atoms with Crippen LogP contribution in [0, 0.1) is 17.0 Å². The van der Waals surface area contributed by atoms with Crippen molar-refractivity contribution in [2.75, 3.05) is 13.6 Å². The summed E-state index contributed by atoms with van der Waals surface area (Å²) in [5, 5.41) is 3.13. The molecule has 18 heavy (non-hydrogen) atoms. The van der Waals surface area contributed by atoms with Gasteiger partial charge in [-0.05, 0) is 59.8 Å². The Kier molecular flexibility index (Phi) is 5.73. The van der Waals surface area contributed by atoms with E-state index in [0.717, 1.165) is 19.4 Å². The molecule has 0 aromatic heterocycles. The third-order valence-corrected chi connectivity index (χ3v) is 4.35. The average molecular weight is 320 g/mol. The van der Waals surface area contributed by atoms with Crippen LogP contribution >= 0.6 is 15.9 Å². The lowest BCUT2D eigenvalue weighted by Crippen LogP contribution is -2.34. The first-order chi connectivity index (χ1) is 8.49. The summed E-state index contributed by atoms with van der Waals surface area (Å²) in [4.78, 5) is 0. The van der Waals surface area contributed by atoms with Gasteiger partial charge in [0.25, 0.3) is 0 Å². The normalized spacial score (nSPS) is 11.9. The molecule has 0 unspecified atom stereocenters. The number of benzene rings is 1. The van der Waals surface area contributed by atoms with Crippen molar-refractivity contribution < 1.29 is 8.78 Å². The van der Waals surface area contributed by atoms with Crippen LogP contribution in [0.4, 0.5) is 8.78 Å². The molecule has 0 amide bonds. The van der Waals surface area contributed by atoms with Crippen LogP contribution in [0.5, 0.6) is 0 Å². The monoisotopic (exact) mass is 319 g/mol. The zero-order chi connectivity index (χ0) is 13.8. The van der Waals surface area contributed by atoms with Crippen molar-refractivity contribution in [3.05, 3.63) is 33.8 Å². The minimum atomic E-state index is -0.475. The largest absolute Gasteiger partial charge is 0.319 e. The molecule has 1 aromatic carbocycles. The van der Waals surface area contributed by atoms with Crippen molar-refractivity contribution in [2.45, 2.75) is 33.1 Å². The average Bonchev–Trinajstić information content (AvgIpc) is 2.38. The topological polar surface area (TPSA) is 12.0 Å². The van der Waals surface area contributed by atoms with E-state index in [-0.39, 0.29) is 11.0 Å². The summed E-state index contributed by atoms with van der Waals surface area (Å²) >= 11 is 3.11. The highest BCUT2D eigenvalue weighted by Gasteiger charge is 2.29. The van der Waals surface area contributed by atoms with Crippen LogP contribution in [-0.4, -0.2) is 13.6 Å². The first kappa shape index (κ1) is 15.6. The Morgan fingerprint density at radius 1 is 1.22 bits per heavy atom. The fourth-order valence-corrected chi connectivity index (χ4v) is 2.67. The maximum absolute atomic E-state index is 14.0. The number of hydrogen-bond acceptors (Lipinski definition) is 1. The van der Waals surface area contributed by atoms with Crippen LogP contribution in [0.3, 0.4) is 0 Å². The van der Waals surface area contributed by atoms with Crippen molar-refractivity contribution in [3.8, 4) is 0 Å². The third kappa shape index (κ3) is 3.29. The second-order valence-electron chi connectivity index (χ2n) is 4.74. The Morgan fingerprint density at radius 2 is 1.83 bits per heavy atom. The summed E-state index contributed by atoms with van der Waals surface area (Å²) in [6.45, 7) is 4.88. The van der Waals surface area contributed by atoms with Crippen LogP contribution in [0.15, 0.2) is 16.6 Å². The maximum atomic E-state index is 14.0. The molecular formula is C14H20BrF2N. The molecule has 0 aliphatic rings. The highest BCUT2D eigenvalue weighted by Crippen LogP contribution is 2.33. The molecule has 0 aliphatic carbocycles. The van der Waals surface area contributed by atoms with Crippen LogP contribution in [0.2, 0.25) is 0 Å². The molecule has 0 saturated heterocycles. The summed E-state index contributed by atoms with van der Waals surface area (Å²) in [7, 11) is 1.87. The Labute approximate surface area is 116 Å². The maximum Gasteiger partial charge on any atom is 0.143 e. The lowest BCUT2D eigenvalue weighted by atomic mass is 9.76. The molecule has 0 saturated carbocycles. The van der Waals surface area contributed by atoms with Gasteiger partial charge in [-0.25, -0.2) is 8.78 Å². The molecule has 0 radical (unpaired) electrons. The SMILES string of the molecule is CCC(CC)(CNC)Cc1c(F)ccc(Br)c1F. The van der Waals surface area contributed by atoms with Gasteiger partial charge in [0.2, 0.25) is 0 Å². The predicted molar refractivity (Wildman–Crippen MR) is 74.7 cm³/mol. The summed E-state index contributed by atoms with van der Waals surface area (Å²) in [5.41, 5.74) is 0.0837. The van der Waals surface area contributed by atoms with Gasteiger partial charge in [-0.3, -0.25) is 0 Å². The molecule has 1 aromatic rings. The van der Waals surface area contributed by atoms with Gasteiger partial charge in [0.05, 0.1) is 4.47 Å². The highest BCUT2D eigenvalue weighted by molar-refractivity contribution is 9.10. The predicted octanol–water partition coefficient (Wildman–Crippen LogP) is 4.30. The summed E-state index contributed by atoms with van der Waals surface area (Å²) in [6.07, 6.45) is 2.18. The molecule has 0 atom stereocenters. The molecule has 102 valence electrons. The molecule has 1 rings (SSSR count). The minimum Gasteiger partial charge on any atom is -0.319 e. The molecule has 0 fully saturated rings. The van der Waals surface area contributed by atoms with Crippen LogP contribution in [-0.2, 0) is 6.42 Å². The molecule has 0 bridgehead atoms. The van der Waals surface area contributed by atoms with E-state index in [1.54, 1.807) is 0 Å². The molecule has 0 heterocycles. The summed E-state index contributed by atoms with van der Waals surface area (Å²) < 4.78 is 28.1. The van der Waals surface area contributed by atoms with Gasteiger partial charge < -0.3 is 5.32 Å². The van der Waals surface area contributed by atoms with E-state index in [1.807, 2.05) is 7.05 Å². The Bertz CT molecular complexity index is 403. The Hall–Kier alpha value is -0.480. The minimum absolute atomic E-state index is 0.1000. The van der Waals surface area contributed by atoms with Crippen molar-refractivity contribution >= 4 is 15.9 Å². The Balaban J connectivity index is 3.11. The van der Waals surface area contributed by atoms with Crippen molar-refractivity contribution in [1.82, 2.24) is 5.32 Å². The zero-order valence-electron chi connectivity index (χ0n) is 11.1. The van der Waals surface area contributed by atoms with Gasteiger partial charge >= 0.3 is 0 Å². The third-order valence-electron chi connectivity index (χ3n) is 3.74. The lowest BCUT2D eigenvalue weighted by molar-refractivity contribution is 0.246. The standard InChI is InChI=1S/C14H20BrF2N/c1-4-14(5-2,9-18-3)8-10-12(16)7-6-11(15)13(10)17/h6-7,18H,4-5,8-9H2,1-3H3. The van der Waals surface area contributed by atoms with E-state index < -0.39 is 11.6 Å². The van der Waals surface area contributed by atoms with Crippen LogP contribution < -0.4 is 5.32 Å². The van der Waals surface area contributed by atoms with Gasteiger partial charge in [0, 0.05) is 12.1 Å². The first-order valence-electron chi connectivity index (χ1n) is 6.26. The van der Waals surface area contributed by atoms with E-state index >= 15 is 0 Å². The highest BCUT2D eigenvalue weighted by atomic mass is 79.9. The van der Waals surface area contributed by atoms with Crippen molar-refractivity contribution in [3.63, 3.8) is 0 Å². The van der Waals surface area contributed by atoms with Crippen LogP contribution in [0.1, 0.15) is 32.3 Å². The number of rotatable bonds is 6. The molecule has 1 N–H and O–H groups in total. The van der Waals surface area contributed by atoms with Crippen LogP contribution in [0.25, 0.3) is 0 Å². The second-order valence-corrected chi connectivity index (χ2v) is 5.59. The first-order valence-corrected chi connectivity index (χ1v) is 7.06. The van der Waals surface area contributed by atoms with E-state index in [2.05, 4.69) is 35.1 Å². The van der Waals surface area contributed by atoms with Gasteiger partial charge in [-0.15, -0.1) is 0 Å². The van der Waals surface area contributed by atoms with E-state index in [1.165, 1.54) is 12.1 Å². The van der Waals surface area contributed by atoms with E-state index in [0.29, 0.717) is 10.9 Å². The summed E-state index contributed by atoms with van der Waals surface area (Å²) in [6, 6.07) is 2.73. The van der Waals surface area contributed by atoms with Gasteiger partial charge in [0.1, 0.15) is 11.6 Å². The quantitative estimate of drug-likeness (QED) is 0.771. The number of halogens is 3. The lowest BCUT2D eigenvalue weighted by Gasteiger charge is -2.32. The fourth-order valence-electron chi connectivity index (χ4n) is 2.29. The fraction of sp³-hybridized carbons (Fsp3) is 0.571. The van der Waals surface area contributed by atoms with E-state index in [4.69, 9.17) is 0 Å². The number of nitrogens with one attached hydrogen (secondary N) is 1. The smallest absolute Gasteiger partial charge is 0.143 e. The molecular weight excluding hydrogens is 300 g/mol. The molecule has 4 heteroatoms. The number of hydrogen-bond donors (Lipinski definition) is 1. The Morgan fingerprint density at radius 3 is 2.33 bits per heavy atom. The summed E-state index contributed by atoms with van der Waals surface area (Å²) in [5.74, 6) is -0.935.